The normalized spacial score (nSPS) is 24.2. The summed E-state index contributed by atoms with van der Waals surface area (Å²) in [5.41, 5.74) is 3.23. The Morgan fingerprint density at radius 2 is 1.65 bits per heavy atom. The van der Waals surface area contributed by atoms with Gasteiger partial charge in [0.05, 0.1) is 6.04 Å². The monoisotopic (exact) mass is 473 g/mol. The molecule has 5 heteroatoms. The second-order valence-corrected chi connectivity index (χ2v) is 11.5. The van der Waals surface area contributed by atoms with E-state index in [1.165, 1.54) is 57.8 Å². The standard InChI is InChI=1S/C21H31NO.2ClH.Zr/c1-15-12-13-18(17-9-4-3-5-10-17)21(23)19(15)14-22-20-11-7-6-8-16(20)2;;;/h12-14,16-17,20,23H,3-11H2,1-2H3;2*1H;/q;;;+2/p-2. The van der Waals surface area contributed by atoms with Gasteiger partial charge in [-0.2, -0.15) is 0 Å². The van der Waals surface area contributed by atoms with Crippen molar-refractivity contribution >= 4 is 23.2 Å². The zero-order chi connectivity index (χ0) is 18.9. The van der Waals surface area contributed by atoms with Crippen LogP contribution in [0.4, 0.5) is 0 Å². The van der Waals surface area contributed by atoms with Crippen molar-refractivity contribution in [3.8, 4) is 5.75 Å². The van der Waals surface area contributed by atoms with E-state index in [0.717, 1.165) is 16.7 Å². The summed E-state index contributed by atoms with van der Waals surface area (Å²) in [5.74, 6) is 1.69. The number of benzene rings is 1. The summed E-state index contributed by atoms with van der Waals surface area (Å²) in [7, 11) is 9.87. The molecule has 2 aliphatic rings. The Morgan fingerprint density at radius 1 is 1.04 bits per heavy atom. The van der Waals surface area contributed by atoms with E-state index in [2.05, 4.69) is 26.0 Å². The molecule has 3 rings (SSSR count). The summed E-state index contributed by atoms with van der Waals surface area (Å²) in [6, 6.07) is 4.73. The number of aromatic hydroxyl groups is 1. The number of rotatable bonds is 3. The van der Waals surface area contributed by atoms with Crippen LogP contribution in [0, 0.1) is 12.8 Å². The van der Waals surface area contributed by atoms with Crippen LogP contribution in [0.3, 0.4) is 0 Å². The van der Waals surface area contributed by atoms with E-state index in [-0.39, 0.29) is 0 Å². The van der Waals surface area contributed by atoms with Crippen LogP contribution < -0.4 is 0 Å². The van der Waals surface area contributed by atoms with Crippen molar-refractivity contribution in [3.63, 3.8) is 0 Å². The summed E-state index contributed by atoms with van der Waals surface area (Å²) in [5, 5.41) is 10.8. The third kappa shape index (κ3) is 6.35. The number of hydrogen-bond acceptors (Lipinski definition) is 2. The summed E-state index contributed by atoms with van der Waals surface area (Å²) in [6.07, 6.45) is 13.4. The molecule has 0 aliphatic heterocycles. The molecule has 0 spiro atoms. The van der Waals surface area contributed by atoms with Crippen molar-refractivity contribution in [2.45, 2.75) is 83.6 Å². The number of halogens is 2. The maximum atomic E-state index is 10.8. The average molecular weight is 476 g/mol. The second-order valence-electron chi connectivity index (χ2n) is 7.75. The van der Waals surface area contributed by atoms with Crippen LogP contribution >= 0.6 is 17.0 Å². The van der Waals surface area contributed by atoms with Crippen LogP contribution in [0.2, 0.25) is 0 Å². The summed E-state index contributed by atoms with van der Waals surface area (Å²) in [4.78, 5) is 4.86. The van der Waals surface area contributed by atoms with E-state index in [4.69, 9.17) is 22.0 Å². The Labute approximate surface area is 177 Å². The molecule has 0 saturated heterocycles. The predicted molar refractivity (Wildman–Crippen MR) is 109 cm³/mol. The Morgan fingerprint density at radius 3 is 2.31 bits per heavy atom. The van der Waals surface area contributed by atoms with Gasteiger partial charge in [0.15, 0.2) is 0 Å². The first-order valence-corrected chi connectivity index (χ1v) is 16.2. The van der Waals surface area contributed by atoms with Gasteiger partial charge in [0.2, 0.25) is 0 Å². The van der Waals surface area contributed by atoms with Gasteiger partial charge in [0.25, 0.3) is 0 Å². The fraction of sp³-hybridized carbons (Fsp3) is 0.667. The molecule has 0 amide bonds. The van der Waals surface area contributed by atoms with E-state index in [0.29, 0.717) is 23.6 Å². The minimum absolute atomic E-state index is 0.431. The van der Waals surface area contributed by atoms with E-state index < -0.39 is 20.8 Å². The van der Waals surface area contributed by atoms with Crippen molar-refractivity contribution in [1.29, 1.82) is 0 Å². The SMILES string of the molecule is Cc1ccc(C2CCCCC2)c(O)c1C=NC1CCCCC1C.[Cl][Zr][Cl]. The summed E-state index contributed by atoms with van der Waals surface area (Å²) in [6.45, 7) is 4.39. The number of phenols is 1. The number of aryl methyl sites for hydroxylation is 1. The zero-order valence-corrected chi connectivity index (χ0v) is 19.9. The van der Waals surface area contributed by atoms with Crippen LogP contribution in [-0.2, 0) is 20.8 Å². The van der Waals surface area contributed by atoms with Crippen LogP contribution in [0.25, 0.3) is 0 Å². The van der Waals surface area contributed by atoms with Gasteiger partial charge >= 0.3 is 37.9 Å². The van der Waals surface area contributed by atoms with Crippen LogP contribution in [0.5, 0.6) is 5.75 Å². The third-order valence-electron chi connectivity index (χ3n) is 5.97. The fourth-order valence-electron chi connectivity index (χ4n) is 4.32. The molecule has 2 saturated carbocycles. The van der Waals surface area contributed by atoms with Gasteiger partial charge in [0, 0.05) is 11.8 Å². The molecule has 0 bridgehead atoms. The number of nitrogens with zero attached hydrogens (tertiary/aromatic N) is 1. The Hall–Kier alpha value is 0.153. The fourth-order valence-corrected chi connectivity index (χ4v) is 4.32. The molecule has 0 aromatic heterocycles. The van der Waals surface area contributed by atoms with E-state index in [1.807, 2.05) is 6.21 Å². The second kappa shape index (κ2) is 11.9. The molecular formula is C21H31Cl2NOZr. The topological polar surface area (TPSA) is 32.6 Å². The molecule has 2 unspecified atom stereocenters. The van der Waals surface area contributed by atoms with Gasteiger partial charge in [0.1, 0.15) is 5.75 Å². The molecular weight excluding hydrogens is 444 g/mol. The van der Waals surface area contributed by atoms with E-state index in [9.17, 15) is 5.11 Å². The van der Waals surface area contributed by atoms with Crippen molar-refractivity contribution in [2.75, 3.05) is 0 Å². The number of aliphatic imine (C=N–C) groups is 1. The molecule has 2 aliphatic carbocycles. The van der Waals surface area contributed by atoms with Crippen molar-refractivity contribution in [3.05, 3.63) is 28.8 Å². The molecule has 26 heavy (non-hydrogen) atoms. The molecule has 2 nitrogen and oxygen atoms in total. The zero-order valence-electron chi connectivity index (χ0n) is 16.0. The van der Waals surface area contributed by atoms with Crippen molar-refractivity contribution in [1.82, 2.24) is 0 Å². The van der Waals surface area contributed by atoms with Gasteiger partial charge in [-0.1, -0.05) is 51.2 Å². The van der Waals surface area contributed by atoms with Gasteiger partial charge in [-0.05, 0) is 55.6 Å². The molecule has 0 radical (unpaired) electrons. The molecule has 144 valence electrons. The number of phenolic OH excluding ortho intramolecular Hbond substituents is 1. The quantitative estimate of drug-likeness (QED) is 0.464. The van der Waals surface area contributed by atoms with Crippen LogP contribution in [-0.4, -0.2) is 17.4 Å². The molecule has 1 aromatic carbocycles. The molecule has 2 fully saturated rings. The Bertz CT molecular complexity index is 588. The first-order chi connectivity index (χ1) is 12.6. The first-order valence-electron chi connectivity index (χ1n) is 9.90. The van der Waals surface area contributed by atoms with Crippen molar-refractivity contribution < 1.29 is 26.0 Å². The van der Waals surface area contributed by atoms with E-state index >= 15 is 0 Å². The predicted octanol–water partition coefficient (Wildman–Crippen LogP) is 7.12. The third-order valence-corrected chi connectivity index (χ3v) is 5.97. The summed E-state index contributed by atoms with van der Waals surface area (Å²) >= 11 is -0.826. The van der Waals surface area contributed by atoms with Gasteiger partial charge in [-0.3, -0.25) is 4.99 Å². The molecule has 1 aromatic rings. The maximum absolute atomic E-state index is 10.8. The van der Waals surface area contributed by atoms with E-state index in [1.54, 1.807) is 0 Å². The molecule has 0 heterocycles. The Kier molecular flexibility index (Phi) is 10.2. The molecule has 2 atom stereocenters. The van der Waals surface area contributed by atoms with Gasteiger partial charge in [-0.15, -0.1) is 0 Å². The van der Waals surface area contributed by atoms with Gasteiger partial charge < -0.3 is 5.11 Å². The first kappa shape index (κ1) is 22.4. The number of hydrogen-bond donors (Lipinski definition) is 1. The van der Waals surface area contributed by atoms with Gasteiger partial charge in [-0.25, -0.2) is 0 Å². The van der Waals surface area contributed by atoms with Crippen LogP contribution in [0.15, 0.2) is 17.1 Å². The minimum atomic E-state index is -0.826. The Balaban J connectivity index is 0.000000758. The average Bonchev–Trinajstić information content (AvgIpc) is 2.64. The molecule has 1 N–H and O–H groups in total. The van der Waals surface area contributed by atoms with Crippen molar-refractivity contribution in [2.24, 2.45) is 10.9 Å². The summed E-state index contributed by atoms with van der Waals surface area (Å²) < 4.78 is 0. The van der Waals surface area contributed by atoms with Crippen LogP contribution in [0.1, 0.15) is 87.3 Å².